The van der Waals surface area contributed by atoms with E-state index in [1.807, 2.05) is 42.5 Å². The van der Waals surface area contributed by atoms with Crippen LogP contribution in [-0.2, 0) is 27.7 Å². The molecule has 4 aromatic rings. The van der Waals surface area contributed by atoms with Crippen LogP contribution >= 0.6 is 0 Å². The van der Waals surface area contributed by atoms with Crippen molar-refractivity contribution in [3.63, 3.8) is 0 Å². The first-order chi connectivity index (χ1) is 18.3. The number of carboxylic acid groups (broad SMARTS) is 1. The van der Waals surface area contributed by atoms with E-state index in [-0.39, 0.29) is 11.6 Å². The van der Waals surface area contributed by atoms with Crippen molar-refractivity contribution in [3.05, 3.63) is 121 Å². The first-order valence-electron chi connectivity index (χ1n) is 12.0. The maximum atomic E-state index is 13.1. The standard InChI is InChI=1S/C29H28N4O4S/c1-2-7-21-8-5-9-24(18-21)23-15-13-22(14-16-23)19-26(33-38(36,37)28-12-3-4-17-30-28)25-10-6-11-27(32-25)31-20-29(34)35/h2-6,8-18,26,33H,1,7,19-20H2,(H,31,32)(H,34,35). The van der Waals surface area contributed by atoms with E-state index < -0.39 is 22.0 Å². The highest BCUT2D eigenvalue weighted by Gasteiger charge is 2.24. The van der Waals surface area contributed by atoms with Crippen LogP contribution in [0.1, 0.15) is 22.9 Å². The summed E-state index contributed by atoms with van der Waals surface area (Å²) in [6.07, 6.45) is 4.39. The molecule has 1 unspecified atom stereocenters. The summed E-state index contributed by atoms with van der Waals surface area (Å²) in [4.78, 5) is 19.4. The summed E-state index contributed by atoms with van der Waals surface area (Å²) >= 11 is 0. The minimum atomic E-state index is -3.95. The van der Waals surface area contributed by atoms with Crippen molar-refractivity contribution < 1.29 is 18.3 Å². The molecule has 0 aliphatic rings. The number of sulfonamides is 1. The zero-order chi connectivity index (χ0) is 27.0. The molecule has 0 saturated carbocycles. The van der Waals surface area contributed by atoms with Crippen molar-refractivity contribution in [1.82, 2.24) is 14.7 Å². The number of aliphatic carboxylic acids is 1. The highest BCUT2D eigenvalue weighted by atomic mass is 32.2. The van der Waals surface area contributed by atoms with E-state index in [1.165, 1.54) is 17.8 Å². The van der Waals surface area contributed by atoms with Gasteiger partial charge in [0.15, 0.2) is 5.03 Å². The summed E-state index contributed by atoms with van der Waals surface area (Å²) in [5.74, 6) is -0.693. The summed E-state index contributed by atoms with van der Waals surface area (Å²) in [6, 6.07) is 25.2. The minimum Gasteiger partial charge on any atom is -0.480 e. The van der Waals surface area contributed by atoms with Gasteiger partial charge in [-0.1, -0.05) is 66.7 Å². The monoisotopic (exact) mass is 528 g/mol. The molecule has 0 bridgehead atoms. The van der Waals surface area contributed by atoms with Crippen molar-refractivity contribution in [2.45, 2.75) is 23.9 Å². The van der Waals surface area contributed by atoms with Crippen LogP contribution < -0.4 is 10.0 Å². The highest BCUT2D eigenvalue weighted by Crippen LogP contribution is 2.25. The number of carbonyl (C=O) groups is 1. The van der Waals surface area contributed by atoms with E-state index in [4.69, 9.17) is 5.11 Å². The third kappa shape index (κ3) is 7.12. The number of nitrogens with one attached hydrogen (secondary N) is 2. The fourth-order valence-corrected chi connectivity index (χ4v) is 5.14. The van der Waals surface area contributed by atoms with Crippen LogP contribution in [0.3, 0.4) is 0 Å². The molecule has 2 heterocycles. The normalized spacial score (nSPS) is 12.0. The second-order valence-electron chi connectivity index (χ2n) is 8.63. The van der Waals surface area contributed by atoms with Gasteiger partial charge >= 0.3 is 5.97 Å². The quantitative estimate of drug-likeness (QED) is 0.229. The molecule has 2 aromatic carbocycles. The molecule has 194 valence electrons. The molecule has 8 nitrogen and oxygen atoms in total. The van der Waals surface area contributed by atoms with E-state index in [0.717, 1.165) is 23.1 Å². The number of nitrogens with zero attached hydrogens (tertiary/aromatic N) is 2. The molecule has 0 saturated heterocycles. The van der Waals surface area contributed by atoms with Crippen LogP contribution in [0.4, 0.5) is 5.82 Å². The second-order valence-corrected chi connectivity index (χ2v) is 10.3. The van der Waals surface area contributed by atoms with Gasteiger partial charge < -0.3 is 10.4 Å². The first-order valence-corrected chi connectivity index (χ1v) is 13.5. The zero-order valence-electron chi connectivity index (χ0n) is 20.6. The first kappa shape index (κ1) is 26.7. The van der Waals surface area contributed by atoms with E-state index in [0.29, 0.717) is 17.9 Å². The molecule has 0 spiro atoms. The summed E-state index contributed by atoms with van der Waals surface area (Å²) in [5, 5.41) is 11.6. The summed E-state index contributed by atoms with van der Waals surface area (Å²) in [6.45, 7) is 3.49. The van der Waals surface area contributed by atoms with Gasteiger partial charge in [-0.05, 0) is 59.4 Å². The van der Waals surface area contributed by atoms with E-state index in [1.54, 1.807) is 30.3 Å². The number of hydrogen-bond donors (Lipinski definition) is 3. The van der Waals surface area contributed by atoms with Gasteiger partial charge in [0.25, 0.3) is 10.0 Å². The molecule has 0 aliphatic heterocycles. The lowest BCUT2D eigenvalue weighted by Gasteiger charge is -2.19. The maximum Gasteiger partial charge on any atom is 0.322 e. The van der Waals surface area contributed by atoms with Gasteiger partial charge in [-0.2, -0.15) is 0 Å². The van der Waals surface area contributed by atoms with E-state index in [2.05, 4.69) is 38.7 Å². The van der Waals surface area contributed by atoms with E-state index >= 15 is 0 Å². The molecule has 2 aromatic heterocycles. The largest absolute Gasteiger partial charge is 0.480 e. The Kier molecular flexibility index (Phi) is 8.62. The van der Waals surface area contributed by atoms with Gasteiger partial charge in [-0.25, -0.2) is 23.1 Å². The smallest absolute Gasteiger partial charge is 0.322 e. The number of pyridine rings is 2. The molecule has 4 rings (SSSR count). The van der Waals surface area contributed by atoms with Gasteiger partial charge in [-0.15, -0.1) is 6.58 Å². The number of rotatable bonds is 12. The average molecular weight is 529 g/mol. The van der Waals surface area contributed by atoms with Crippen LogP contribution in [-0.4, -0.2) is 36.0 Å². The van der Waals surface area contributed by atoms with Crippen molar-refractivity contribution in [1.29, 1.82) is 0 Å². The topological polar surface area (TPSA) is 121 Å². The van der Waals surface area contributed by atoms with Gasteiger partial charge in [0.05, 0.1) is 11.7 Å². The lowest BCUT2D eigenvalue weighted by Crippen LogP contribution is -2.31. The van der Waals surface area contributed by atoms with Crippen molar-refractivity contribution in [3.8, 4) is 11.1 Å². The molecule has 0 radical (unpaired) electrons. The number of anilines is 1. The van der Waals surface area contributed by atoms with E-state index in [9.17, 15) is 13.2 Å². The summed E-state index contributed by atoms with van der Waals surface area (Å²) < 4.78 is 29.0. The fourth-order valence-electron chi connectivity index (χ4n) is 3.98. The lowest BCUT2D eigenvalue weighted by molar-refractivity contribution is -0.134. The number of benzene rings is 2. The third-order valence-corrected chi connectivity index (χ3v) is 7.18. The molecule has 1 atom stereocenters. The maximum absolute atomic E-state index is 13.1. The molecule has 0 aliphatic carbocycles. The van der Waals surface area contributed by atoms with Crippen molar-refractivity contribution in [2.24, 2.45) is 0 Å². The Labute approximate surface area is 222 Å². The van der Waals surface area contributed by atoms with Crippen molar-refractivity contribution >= 4 is 21.8 Å². The Morgan fingerprint density at radius 1 is 0.947 bits per heavy atom. The molecule has 0 fully saturated rings. The van der Waals surface area contributed by atoms with Crippen LogP contribution in [0.5, 0.6) is 0 Å². The zero-order valence-corrected chi connectivity index (χ0v) is 21.4. The minimum absolute atomic E-state index is 0.0973. The third-order valence-electron chi connectivity index (χ3n) is 5.79. The summed E-state index contributed by atoms with van der Waals surface area (Å²) in [5.41, 5.74) is 4.65. The molecular weight excluding hydrogens is 500 g/mol. The Morgan fingerprint density at radius 3 is 2.45 bits per heavy atom. The SMILES string of the molecule is C=CCc1cccc(-c2ccc(CC(NS(=O)(=O)c3ccccn3)c3cccc(NCC(=O)O)n3)cc2)c1. The van der Waals surface area contributed by atoms with Crippen LogP contribution in [0.2, 0.25) is 0 Å². The fraction of sp³-hybridized carbons (Fsp3) is 0.138. The molecule has 9 heteroatoms. The predicted molar refractivity (Wildman–Crippen MR) is 147 cm³/mol. The Hall–Kier alpha value is -4.34. The van der Waals surface area contributed by atoms with Crippen molar-refractivity contribution in [2.75, 3.05) is 11.9 Å². The Morgan fingerprint density at radius 2 is 1.74 bits per heavy atom. The predicted octanol–water partition coefficient (Wildman–Crippen LogP) is 4.63. The van der Waals surface area contributed by atoms with Crippen LogP contribution in [0.25, 0.3) is 11.1 Å². The Balaban J connectivity index is 1.62. The number of allylic oxidation sites excluding steroid dienone is 1. The lowest BCUT2D eigenvalue weighted by atomic mass is 9.98. The second kappa shape index (κ2) is 12.3. The molecular formula is C29H28N4O4S. The van der Waals surface area contributed by atoms with Gasteiger partial charge in [0.2, 0.25) is 0 Å². The van der Waals surface area contributed by atoms with Gasteiger partial charge in [-0.3, -0.25) is 4.79 Å². The number of hydrogen-bond acceptors (Lipinski definition) is 6. The molecule has 0 amide bonds. The molecule has 38 heavy (non-hydrogen) atoms. The summed E-state index contributed by atoms with van der Waals surface area (Å²) in [7, 11) is -3.95. The van der Waals surface area contributed by atoms with Crippen LogP contribution in [0.15, 0.2) is 109 Å². The molecule has 3 N–H and O–H groups in total. The highest BCUT2D eigenvalue weighted by molar-refractivity contribution is 7.89. The average Bonchev–Trinajstić information content (AvgIpc) is 2.93. The Bertz CT molecular complexity index is 1510. The number of aromatic nitrogens is 2. The van der Waals surface area contributed by atoms with Gasteiger partial charge in [0, 0.05) is 6.20 Å². The number of carboxylic acids is 1. The van der Waals surface area contributed by atoms with Crippen LogP contribution in [0, 0.1) is 0 Å². The van der Waals surface area contributed by atoms with Gasteiger partial charge in [0.1, 0.15) is 12.4 Å².